The minimum absolute atomic E-state index is 0.0213. The van der Waals surface area contributed by atoms with Gasteiger partial charge in [-0.05, 0) is 78.5 Å². The lowest BCUT2D eigenvalue weighted by molar-refractivity contribution is -0.0704. The van der Waals surface area contributed by atoms with Crippen molar-refractivity contribution in [2.24, 2.45) is 0 Å². The molecule has 1 aromatic rings. The summed E-state index contributed by atoms with van der Waals surface area (Å²) in [4.78, 5) is 18.2. The number of morpholine rings is 1. The Morgan fingerprint density at radius 2 is 1.62 bits per heavy atom. The van der Waals surface area contributed by atoms with Crippen LogP contribution in [0.2, 0.25) is 0 Å². The van der Waals surface area contributed by atoms with E-state index in [1.54, 1.807) is 0 Å². The summed E-state index contributed by atoms with van der Waals surface area (Å²) in [5.41, 5.74) is 2.11. The van der Waals surface area contributed by atoms with Crippen LogP contribution in [0.5, 0.6) is 0 Å². The van der Waals surface area contributed by atoms with Crippen LogP contribution < -0.4 is 5.32 Å². The highest BCUT2D eigenvalue weighted by molar-refractivity contribution is 5.94. The maximum atomic E-state index is 13.6. The van der Waals surface area contributed by atoms with Gasteiger partial charge in [-0.25, -0.2) is 0 Å². The molecule has 2 saturated heterocycles. The van der Waals surface area contributed by atoms with E-state index < -0.39 is 0 Å². The summed E-state index contributed by atoms with van der Waals surface area (Å²) in [5, 5.41) is 3.75. The van der Waals surface area contributed by atoms with Crippen LogP contribution in [-0.2, 0) is 11.3 Å². The normalized spacial score (nSPS) is 26.1. The van der Waals surface area contributed by atoms with Gasteiger partial charge in [0.1, 0.15) is 0 Å². The molecule has 2 aliphatic rings. The number of carbonyl (C=O) groups excluding carboxylic acids is 1. The molecule has 180 valence electrons. The summed E-state index contributed by atoms with van der Waals surface area (Å²) in [5.74, 6) is 0.178. The molecular weight excluding hydrogens is 398 g/mol. The van der Waals surface area contributed by atoms with Gasteiger partial charge in [-0.2, -0.15) is 0 Å². The molecule has 5 nitrogen and oxygen atoms in total. The number of hydrogen-bond donors (Lipinski definition) is 1. The van der Waals surface area contributed by atoms with Crippen LogP contribution in [0.3, 0.4) is 0 Å². The monoisotopic (exact) mass is 443 g/mol. The number of nitrogens with one attached hydrogen (secondary N) is 1. The standard InChI is InChI=1S/C27H45N3O2/c1-8-9-14-30(24-15-26(4,5)28-27(6,7)16-24)25(31)23-12-10-22(11-13-23)19-29-17-20(2)32-21(3)18-29/h10-13,20-21,24,28H,8-9,14-19H2,1-7H3. The molecule has 0 bridgehead atoms. The van der Waals surface area contributed by atoms with Crippen LogP contribution in [-0.4, -0.2) is 64.7 Å². The van der Waals surface area contributed by atoms with Crippen molar-refractivity contribution in [3.8, 4) is 0 Å². The topological polar surface area (TPSA) is 44.8 Å². The molecule has 0 aliphatic carbocycles. The van der Waals surface area contributed by atoms with Crippen LogP contribution in [0.25, 0.3) is 0 Å². The molecule has 2 unspecified atom stereocenters. The lowest BCUT2D eigenvalue weighted by Crippen LogP contribution is -2.62. The van der Waals surface area contributed by atoms with E-state index in [-0.39, 0.29) is 35.2 Å². The van der Waals surface area contributed by atoms with Gasteiger partial charge in [-0.3, -0.25) is 9.69 Å². The van der Waals surface area contributed by atoms with Crippen molar-refractivity contribution >= 4 is 5.91 Å². The van der Waals surface area contributed by atoms with Crippen LogP contribution >= 0.6 is 0 Å². The molecule has 2 aliphatic heterocycles. The highest BCUT2D eigenvalue weighted by atomic mass is 16.5. The zero-order chi connectivity index (χ0) is 23.5. The fraction of sp³-hybridized carbons (Fsp3) is 0.741. The zero-order valence-corrected chi connectivity index (χ0v) is 21.4. The highest BCUT2D eigenvalue weighted by Crippen LogP contribution is 2.32. The predicted molar refractivity (Wildman–Crippen MR) is 132 cm³/mol. The Kier molecular flexibility index (Phi) is 8.06. The molecule has 0 radical (unpaired) electrons. The largest absolute Gasteiger partial charge is 0.373 e. The number of hydrogen-bond acceptors (Lipinski definition) is 4. The SMILES string of the molecule is CCCCN(C(=O)c1ccc(CN2CC(C)OC(C)C2)cc1)C1CC(C)(C)NC(C)(C)C1. The van der Waals surface area contributed by atoms with Gasteiger partial charge in [0.15, 0.2) is 0 Å². The summed E-state index contributed by atoms with van der Waals surface area (Å²) < 4.78 is 5.85. The summed E-state index contributed by atoms with van der Waals surface area (Å²) in [6, 6.07) is 8.58. The van der Waals surface area contributed by atoms with Crippen molar-refractivity contribution in [1.29, 1.82) is 0 Å². The van der Waals surface area contributed by atoms with Crippen molar-refractivity contribution in [2.75, 3.05) is 19.6 Å². The number of amides is 1. The first-order chi connectivity index (χ1) is 15.0. The molecule has 5 heteroatoms. The molecular formula is C27H45N3O2. The average Bonchev–Trinajstić information content (AvgIpc) is 2.65. The van der Waals surface area contributed by atoms with E-state index in [0.29, 0.717) is 0 Å². The van der Waals surface area contributed by atoms with E-state index in [1.165, 1.54) is 5.56 Å². The number of unbranched alkanes of at least 4 members (excludes halogenated alkanes) is 1. The summed E-state index contributed by atoms with van der Waals surface area (Å²) in [7, 11) is 0. The molecule has 0 aromatic heterocycles. The van der Waals surface area contributed by atoms with Crippen LogP contribution in [0.1, 0.15) is 90.1 Å². The van der Waals surface area contributed by atoms with E-state index in [1.807, 2.05) is 12.1 Å². The third-order valence-corrected chi connectivity index (χ3v) is 6.73. The number of benzene rings is 1. The molecule has 1 aromatic carbocycles. The van der Waals surface area contributed by atoms with Crippen LogP contribution in [0, 0.1) is 0 Å². The Morgan fingerprint density at radius 1 is 1.06 bits per heavy atom. The summed E-state index contributed by atoms with van der Waals surface area (Å²) in [6.07, 6.45) is 4.64. The molecule has 0 saturated carbocycles. The van der Waals surface area contributed by atoms with Gasteiger partial charge < -0.3 is 15.0 Å². The molecule has 1 amide bonds. The van der Waals surface area contributed by atoms with Crippen LogP contribution in [0.15, 0.2) is 24.3 Å². The van der Waals surface area contributed by atoms with Gasteiger partial charge in [0.2, 0.25) is 0 Å². The Bertz CT molecular complexity index is 733. The minimum Gasteiger partial charge on any atom is -0.373 e. The summed E-state index contributed by atoms with van der Waals surface area (Å²) >= 11 is 0. The Balaban J connectivity index is 1.72. The molecule has 3 rings (SSSR count). The Labute approximate surface area is 195 Å². The van der Waals surface area contributed by atoms with Crippen molar-refractivity contribution in [3.63, 3.8) is 0 Å². The van der Waals surface area contributed by atoms with Gasteiger partial charge >= 0.3 is 0 Å². The van der Waals surface area contributed by atoms with Crippen molar-refractivity contribution in [3.05, 3.63) is 35.4 Å². The lowest BCUT2D eigenvalue weighted by atomic mass is 9.78. The molecule has 2 atom stereocenters. The zero-order valence-electron chi connectivity index (χ0n) is 21.4. The first-order valence-electron chi connectivity index (χ1n) is 12.5. The molecule has 2 fully saturated rings. The van der Waals surface area contributed by atoms with E-state index in [9.17, 15) is 4.79 Å². The second-order valence-corrected chi connectivity index (χ2v) is 11.5. The van der Waals surface area contributed by atoms with Crippen molar-refractivity contribution in [2.45, 2.75) is 110 Å². The predicted octanol–water partition coefficient (Wildman–Crippen LogP) is 4.85. The van der Waals surface area contributed by atoms with Gasteiger partial charge in [-0.1, -0.05) is 25.5 Å². The number of carbonyl (C=O) groups is 1. The number of nitrogens with zero attached hydrogens (tertiary/aromatic N) is 2. The molecule has 1 N–H and O–H groups in total. The molecule has 32 heavy (non-hydrogen) atoms. The van der Waals surface area contributed by atoms with E-state index >= 15 is 0 Å². The maximum absolute atomic E-state index is 13.6. The number of piperidine rings is 1. The molecule has 2 heterocycles. The Morgan fingerprint density at radius 3 is 2.16 bits per heavy atom. The summed E-state index contributed by atoms with van der Waals surface area (Å²) in [6.45, 7) is 19.1. The van der Waals surface area contributed by atoms with Crippen molar-refractivity contribution < 1.29 is 9.53 Å². The fourth-order valence-corrected chi connectivity index (χ4v) is 5.86. The second kappa shape index (κ2) is 10.2. The first-order valence-corrected chi connectivity index (χ1v) is 12.5. The average molecular weight is 444 g/mol. The third kappa shape index (κ3) is 6.79. The van der Waals surface area contributed by atoms with Gasteiger partial charge in [0.05, 0.1) is 12.2 Å². The minimum atomic E-state index is 0.0213. The van der Waals surface area contributed by atoms with E-state index in [2.05, 4.69) is 75.7 Å². The lowest BCUT2D eigenvalue weighted by Gasteiger charge is -2.49. The third-order valence-electron chi connectivity index (χ3n) is 6.73. The van der Waals surface area contributed by atoms with E-state index in [4.69, 9.17) is 4.74 Å². The van der Waals surface area contributed by atoms with Crippen LogP contribution in [0.4, 0.5) is 0 Å². The fourth-order valence-electron chi connectivity index (χ4n) is 5.86. The van der Waals surface area contributed by atoms with E-state index in [0.717, 1.165) is 57.4 Å². The van der Waals surface area contributed by atoms with Crippen molar-refractivity contribution in [1.82, 2.24) is 15.1 Å². The van der Waals surface area contributed by atoms with Gasteiger partial charge in [0.25, 0.3) is 5.91 Å². The smallest absolute Gasteiger partial charge is 0.254 e. The Hall–Kier alpha value is -1.43. The van der Waals surface area contributed by atoms with Gasteiger partial charge in [0, 0.05) is 48.9 Å². The molecule has 0 spiro atoms. The van der Waals surface area contributed by atoms with Gasteiger partial charge in [-0.15, -0.1) is 0 Å². The maximum Gasteiger partial charge on any atom is 0.254 e. The first kappa shape index (κ1) is 25.2. The highest BCUT2D eigenvalue weighted by Gasteiger charge is 2.41. The second-order valence-electron chi connectivity index (χ2n) is 11.5. The number of rotatable bonds is 7. The number of ether oxygens (including phenoxy) is 1. The quantitative estimate of drug-likeness (QED) is 0.654.